The van der Waals surface area contributed by atoms with Crippen LogP contribution in [-0.4, -0.2) is 62.8 Å². The van der Waals surface area contributed by atoms with Crippen molar-refractivity contribution in [3.63, 3.8) is 0 Å². The molecule has 0 radical (unpaired) electrons. The number of ether oxygens (including phenoxy) is 2. The fraction of sp³-hybridized carbons (Fsp3) is 0.640. The summed E-state index contributed by atoms with van der Waals surface area (Å²) in [6, 6.07) is 4.25. The molecule has 4 rings (SSSR count). The Morgan fingerprint density at radius 2 is 1.91 bits per heavy atom. The van der Waals surface area contributed by atoms with Gasteiger partial charge in [0, 0.05) is 68.9 Å². The number of carbonyl (C=O) groups excluding carboxylic acids is 1. The zero-order chi connectivity index (χ0) is 23.6. The number of likely N-dealkylation sites (tertiary alicyclic amines) is 1. The maximum atomic E-state index is 13.5. The smallest absolute Gasteiger partial charge is 0.338 e. The summed E-state index contributed by atoms with van der Waals surface area (Å²) in [4.78, 5) is 17.3. The number of hydrogen-bond acceptors (Lipinski definition) is 6. The van der Waals surface area contributed by atoms with Gasteiger partial charge >= 0.3 is 5.97 Å². The highest BCUT2D eigenvalue weighted by Crippen LogP contribution is 2.37. The molecule has 0 unspecified atom stereocenters. The van der Waals surface area contributed by atoms with Crippen LogP contribution in [0, 0.1) is 0 Å². The number of carbonyl (C=O) groups is 1. The van der Waals surface area contributed by atoms with Crippen molar-refractivity contribution in [2.75, 3.05) is 44.9 Å². The molecule has 8 heteroatoms. The quantitative estimate of drug-likeness (QED) is 0.537. The normalized spacial score (nSPS) is 19.7. The Kier molecular flexibility index (Phi) is 7.24. The molecule has 33 heavy (non-hydrogen) atoms. The molecule has 0 saturated carbocycles. The van der Waals surface area contributed by atoms with Crippen molar-refractivity contribution in [1.29, 1.82) is 0 Å². The van der Waals surface area contributed by atoms with Crippen LogP contribution in [0.2, 0.25) is 0 Å². The fourth-order valence-electron chi connectivity index (χ4n) is 5.17. The highest BCUT2D eigenvalue weighted by molar-refractivity contribution is 6.07. The number of furan rings is 1. The van der Waals surface area contributed by atoms with Crippen LogP contribution in [0.15, 0.2) is 16.5 Å². The molecule has 2 aliphatic heterocycles. The van der Waals surface area contributed by atoms with Crippen LogP contribution in [0.4, 0.5) is 14.5 Å². The van der Waals surface area contributed by atoms with E-state index in [-0.39, 0.29) is 18.8 Å². The van der Waals surface area contributed by atoms with Crippen molar-refractivity contribution >= 4 is 22.6 Å². The summed E-state index contributed by atoms with van der Waals surface area (Å²) >= 11 is 0. The third kappa shape index (κ3) is 5.01. The zero-order valence-electron chi connectivity index (χ0n) is 19.8. The van der Waals surface area contributed by atoms with Gasteiger partial charge in [-0.1, -0.05) is 6.92 Å². The van der Waals surface area contributed by atoms with Gasteiger partial charge in [0.1, 0.15) is 11.3 Å². The standard InChI is InChI=1S/C25H34F2N2O4/c1-4-19-21(29(5-2)17-6-12-32-13-7-17)15-22-20(23(19)24(30)31-3)14-18(33-22)16-28-10-8-25(26,27)9-11-28/h14-15,17H,4-13,16H2,1-3H3. The van der Waals surface area contributed by atoms with Gasteiger partial charge in [-0.15, -0.1) is 0 Å². The molecule has 2 aliphatic rings. The summed E-state index contributed by atoms with van der Waals surface area (Å²) in [7, 11) is 1.39. The van der Waals surface area contributed by atoms with Gasteiger partial charge in [-0.25, -0.2) is 13.6 Å². The molecule has 0 spiro atoms. The number of anilines is 1. The lowest BCUT2D eigenvalue weighted by atomic mass is 9.96. The lowest BCUT2D eigenvalue weighted by Gasteiger charge is -2.36. The first-order valence-electron chi connectivity index (χ1n) is 12.0. The van der Waals surface area contributed by atoms with E-state index in [4.69, 9.17) is 13.9 Å². The largest absolute Gasteiger partial charge is 0.465 e. The first-order valence-corrected chi connectivity index (χ1v) is 12.0. The van der Waals surface area contributed by atoms with Crippen molar-refractivity contribution in [2.45, 2.75) is 64.5 Å². The van der Waals surface area contributed by atoms with Crippen molar-refractivity contribution in [1.82, 2.24) is 4.90 Å². The Labute approximate surface area is 193 Å². The van der Waals surface area contributed by atoms with E-state index < -0.39 is 5.92 Å². The van der Waals surface area contributed by atoms with Gasteiger partial charge in [-0.05, 0) is 37.8 Å². The minimum atomic E-state index is -2.58. The van der Waals surface area contributed by atoms with E-state index in [0.717, 1.165) is 49.2 Å². The van der Waals surface area contributed by atoms with E-state index in [1.54, 1.807) is 0 Å². The third-order valence-corrected chi connectivity index (χ3v) is 6.95. The van der Waals surface area contributed by atoms with E-state index in [2.05, 4.69) is 11.8 Å². The summed E-state index contributed by atoms with van der Waals surface area (Å²) in [5, 5.41) is 0.725. The number of fused-ring (bicyclic) bond motifs is 1. The average molecular weight is 465 g/mol. The number of halogens is 2. The molecule has 3 heterocycles. The molecule has 0 atom stereocenters. The predicted octanol–water partition coefficient (Wildman–Crippen LogP) is 5.02. The number of rotatable bonds is 7. The van der Waals surface area contributed by atoms with Gasteiger partial charge in [0.2, 0.25) is 0 Å². The molecule has 0 amide bonds. The Hall–Kier alpha value is -2.19. The number of alkyl halides is 2. The zero-order valence-corrected chi connectivity index (χ0v) is 19.8. The molecule has 2 aromatic rings. The second-order valence-corrected chi connectivity index (χ2v) is 8.98. The van der Waals surface area contributed by atoms with E-state index in [1.807, 2.05) is 24.0 Å². The van der Waals surface area contributed by atoms with Crippen molar-refractivity contribution < 1.29 is 27.5 Å². The molecule has 0 bridgehead atoms. The fourth-order valence-corrected chi connectivity index (χ4v) is 5.17. The number of hydrogen-bond donors (Lipinski definition) is 0. The summed E-state index contributed by atoms with van der Waals surface area (Å²) in [6.45, 7) is 7.53. The number of nitrogens with zero attached hydrogens (tertiary/aromatic N) is 2. The molecule has 1 aromatic heterocycles. The van der Waals surface area contributed by atoms with Gasteiger partial charge < -0.3 is 18.8 Å². The molecule has 2 fully saturated rings. The maximum absolute atomic E-state index is 13.5. The summed E-state index contributed by atoms with van der Waals surface area (Å²) in [5.41, 5.74) is 3.12. The molecule has 2 saturated heterocycles. The summed E-state index contributed by atoms with van der Waals surface area (Å²) in [5.74, 6) is -2.29. The number of methoxy groups -OCH3 is 1. The number of piperidine rings is 1. The van der Waals surface area contributed by atoms with Gasteiger partial charge in [-0.3, -0.25) is 4.90 Å². The van der Waals surface area contributed by atoms with Crippen molar-refractivity contribution in [2.24, 2.45) is 0 Å². The van der Waals surface area contributed by atoms with Gasteiger partial charge in [0.25, 0.3) is 5.92 Å². The van der Waals surface area contributed by atoms with Crippen LogP contribution in [0.3, 0.4) is 0 Å². The third-order valence-electron chi connectivity index (χ3n) is 6.95. The first-order chi connectivity index (χ1) is 15.9. The Balaban J connectivity index is 1.73. The predicted molar refractivity (Wildman–Crippen MR) is 123 cm³/mol. The summed E-state index contributed by atoms with van der Waals surface area (Å²) in [6.07, 6.45) is 2.27. The molecule has 0 aliphatic carbocycles. The Bertz CT molecular complexity index is 974. The Morgan fingerprint density at radius 3 is 2.52 bits per heavy atom. The monoisotopic (exact) mass is 464 g/mol. The second-order valence-electron chi connectivity index (χ2n) is 8.98. The Morgan fingerprint density at radius 1 is 1.21 bits per heavy atom. The minimum absolute atomic E-state index is 0.138. The molecular formula is C25H34F2N2O4. The minimum Gasteiger partial charge on any atom is -0.465 e. The SMILES string of the molecule is CCc1c(N(CC)C2CCOCC2)cc2oc(CN3CCC(F)(F)CC3)cc2c1C(=O)OC. The van der Waals surface area contributed by atoms with Gasteiger partial charge in [-0.2, -0.15) is 0 Å². The van der Waals surface area contributed by atoms with Crippen LogP contribution in [0.25, 0.3) is 11.0 Å². The van der Waals surface area contributed by atoms with E-state index >= 15 is 0 Å². The first kappa shape index (κ1) is 24.0. The van der Waals surface area contributed by atoms with Crippen LogP contribution in [-0.2, 0) is 22.4 Å². The molecule has 182 valence electrons. The summed E-state index contributed by atoms with van der Waals surface area (Å²) < 4.78 is 44.0. The van der Waals surface area contributed by atoms with Crippen LogP contribution < -0.4 is 4.90 Å². The maximum Gasteiger partial charge on any atom is 0.338 e. The molecule has 6 nitrogen and oxygen atoms in total. The highest BCUT2D eigenvalue weighted by Gasteiger charge is 2.34. The van der Waals surface area contributed by atoms with Gasteiger partial charge in [0.05, 0.1) is 19.2 Å². The number of benzene rings is 1. The highest BCUT2D eigenvalue weighted by atomic mass is 19.3. The molecule has 1 aromatic carbocycles. The van der Waals surface area contributed by atoms with Gasteiger partial charge in [0.15, 0.2) is 0 Å². The van der Waals surface area contributed by atoms with Crippen molar-refractivity contribution in [3.8, 4) is 0 Å². The lowest BCUT2D eigenvalue weighted by Crippen LogP contribution is -2.40. The van der Waals surface area contributed by atoms with E-state index in [0.29, 0.717) is 49.0 Å². The van der Waals surface area contributed by atoms with E-state index in [1.165, 1.54) is 7.11 Å². The van der Waals surface area contributed by atoms with Crippen LogP contribution >= 0.6 is 0 Å². The second kappa shape index (κ2) is 9.97. The lowest BCUT2D eigenvalue weighted by molar-refractivity contribution is -0.0575. The molecule has 0 N–H and O–H groups in total. The molecular weight excluding hydrogens is 430 g/mol. The van der Waals surface area contributed by atoms with E-state index in [9.17, 15) is 13.6 Å². The van der Waals surface area contributed by atoms with Crippen LogP contribution in [0.1, 0.15) is 61.2 Å². The topological polar surface area (TPSA) is 55.2 Å². The average Bonchev–Trinajstić information content (AvgIpc) is 3.22. The van der Waals surface area contributed by atoms with Crippen LogP contribution in [0.5, 0.6) is 0 Å². The van der Waals surface area contributed by atoms with Crippen molar-refractivity contribution in [3.05, 3.63) is 29.0 Å². The number of esters is 1.